The first-order valence-corrected chi connectivity index (χ1v) is 8.73. The number of amides is 1. The van der Waals surface area contributed by atoms with Crippen molar-refractivity contribution >= 4 is 17.3 Å². The second-order valence-corrected chi connectivity index (χ2v) is 6.12. The van der Waals surface area contributed by atoms with Gasteiger partial charge in [-0.3, -0.25) is 4.79 Å². The zero-order valence-corrected chi connectivity index (χ0v) is 14.6. The summed E-state index contributed by atoms with van der Waals surface area (Å²) in [5.74, 6) is 1.27. The van der Waals surface area contributed by atoms with Crippen LogP contribution in [0.5, 0.6) is 11.5 Å². The Kier molecular flexibility index (Phi) is 4.87. The van der Waals surface area contributed by atoms with Gasteiger partial charge in [0.1, 0.15) is 5.69 Å². The van der Waals surface area contributed by atoms with E-state index in [4.69, 9.17) is 9.47 Å². The zero-order valence-electron chi connectivity index (χ0n) is 14.6. The van der Waals surface area contributed by atoms with E-state index in [-0.39, 0.29) is 12.7 Å². The smallest absolute Gasteiger partial charge is 0.269 e. The number of carbonyl (C=O) groups excluding carboxylic acids is 1. The minimum absolute atomic E-state index is 0.180. The van der Waals surface area contributed by atoms with Crippen LogP contribution in [0.15, 0.2) is 66.9 Å². The fourth-order valence-electron chi connectivity index (χ4n) is 2.80. The first kappa shape index (κ1) is 16.9. The van der Waals surface area contributed by atoms with Gasteiger partial charge >= 0.3 is 0 Å². The fraction of sp³-hybridized carbons (Fsp3) is 0.143. The highest BCUT2D eigenvalue weighted by atomic mass is 16.7. The van der Waals surface area contributed by atoms with Crippen molar-refractivity contribution in [3.05, 3.63) is 78.1 Å². The van der Waals surface area contributed by atoms with E-state index >= 15 is 0 Å². The van der Waals surface area contributed by atoms with Gasteiger partial charge in [0.15, 0.2) is 11.5 Å². The van der Waals surface area contributed by atoms with E-state index in [2.05, 4.69) is 15.6 Å². The Morgan fingerprint density at radius 2 is 1.78 bits per heavy atom. The number of nitrogens with one attached hydrogen (secondary N) is 2. The molecule has 6 heteroatoms. The van der Waals surface area contributed by atoms with Gasteiger partial charge in [-0.25, -0.2) is 4.98 Å². The molecule has 136 valence electrons. The molecule has 3 aromatic rings. The van der Waals surface area contributed by atoms with Crippen LogP contribution in [-0.2, 0) is 6.42 Å². The van der Waals surface area contributed by atoms with Gasteiger partial charge in [0.05, 0.1) is 11.9 Å². The summed E-state index contributed by atoms with van der Waals surface area (Å²) in [5, 5.41) is 6.13. The molecule has 0 radical (unpaired) electrons. The lowest BCUT2D eigenvalue weighted by Gasteiger charge is -2.08. The minimum Gasteiger partial charge on any atom is -0.454 e. The normalized spacial score (nSPS) is 11.9. The molecule has 0 saturated heterocycles. The number of carbonyl (C=O) groups is 1. The van der Waals surface area contributed by atoms with Crippen molar-refractivity contribution < 1.29 is 14.3 Å². The Labute approximate surface area is 157 Å². The molecule has 2 heterocycles. The number of benzene rings is 2. The topological polar surface area (TPSA) is 72.5 Å². The molecule has 0 spiro atoms. The van der Waals surface area contributed by atoms with E-state index in [1.807, 2.05) is 54.6 Å². The molecule has 6 nitrogen and oxygen atoms in total. The fourth-order valence-corrected chi connectivity index (χ4v) is 2.80. The van der Waals surface area contributed by atoms with Crippen molar-refractivity contribution in [1.29, 1.82) is 0 Å². The van der Waals surface area contributed by atoms with Crippen molar-refractivity contribution in [3.8, 4) is 11.5 Å². The summed E-state index contributed by atoms with van der Waals surface area (Å²) in [6, 6.07) is 19.2. The second-order valence-electron chi connectivity index (χ2n) is 6.12. The van der Waals surface area contributed by atoms with Gasteiger partial charge < -0.3 is 20.1 Å². The molecule has 0 bridgehead atoms. The number of ether oxygens (including phenoxy) is 2. The largest absolute Gasteiger partial charge is 0.454 e. The maximum atomic E-state index is 12.2. The number of rotatable bonds is 6. The average molecular weight is 361 g/mol. The van der Waals surface area contributed by atoms with Crippen LogP contribution in [0.4, 0.5) is 11.4 Å². The monoisotopic (exact) mass is 361 g/mol. The number of pyridine rings is 1. The molecule has 1 aromatic heterocycles. The maximum Gasteiger partial charge on any atom is 0.269 e. The third-order valence-corrected chi connectivity index (χ3v) is 4.20. The summed E-state index contributed by atoms with van der Waals surface area (Å²) < 4.78 is 10.7. The third-order valence-electron chi connectivity index (χ3n) is 4.20. The molecule has 0 atom stereocenters. The van der Waals surface area contributed by atoms with Crippen LogP contribution in [0.2, 0.25) is 0 Å². The van der Waals surface area contributed by atoms with Gasteiger partial charge in [0.2, 0.25) is 6.79 Å². The molecule has 1 amide bonds. The van der Waals surface area contributed by atoms with Gasteiger partial charge in [-0.1, -0.05) is 30.3 Å². The maximum absolute atomic E-state index is 12.2. The predicted octanol–water partition coefficient (Wildman–Crippen LogP) is 3.53. The predicted molar refractivity (Wildman–Crippen MR) is 103 cm³/mol. The molecular formula is C21H19N3O3. The summed E-state index contributed by atoms with van der Waals surface area (Å²) >= 11 is 0. The summed E-state index contributed by atoms with van der Waals surface area (Å²) in [6.45, 7) is 0.816. The Morgan fingerprint density at radius 1 is 0.963 bits per heavy atom. The van der Waals surface area contributed by atoms with Crippen LogP contribution in [-0.4, -0.2) is 24.2 Å². The number of fused-ring (bicyclic) bond motifs is 1. The third kappa shape index (κ3) is 4.17. The van der Waals surface area contributed by atoms with Crippen molar-refractivity contribution in [3.63, 3.8) is 0 Å². The lowest BCUT2D eigenvalue weighted by molar-refractivity contribution is 0.0949. The van der Waals surface area contributed by atoms with Crippen LogP contribution in [0, 0.1) is 0 Å². The van der Waals surface area contributed by atoms with E-state index in [0.717, 1.165) is 23.5 Å². The molecule has 0 aliphatic carbocycles. The molecule has 2 N–H and O–H groups in total. The van der Waals surface area contributed by atoms with Crippen molar-refractivity contribution in [2.24, 2.45) is 0 Å². The second kappa shape index (κ2) is 7.78. The van der Waals surface area contributed by atoms with Gasteiger partial charge in [0.25, 0.3) is 5.91 Å². The molecule has 1 aliphatic heterocycles. The zero-order chi connectivity index (χ0) is 18.5. The standard InChI is InChI=1S/C21H19N3O3/c25-21(22-11-10-15-4-2-1-3-5-15)18-8-6-17(13-23-18)24-16-7-9-19-20(12-16)27-14-26-19/h1-9,12-13,24H,10-11,14H2,(H,22,25). The Hall–Kier alpha value is -3.54. The molecule has 27 heavy (non-hydrogen) atoms. The lowest BCUT2D eigenvalue weighted by atomic mass is 10.1. The summed E-state index contributed by atoms with van der Waals surface area (Å²) in [5.41, 5.74) is 3.23. The van der Waals surface area contributed by atoms with Crippen molar-refractivity contribution in [1.82, 2.24) is 10.3 Å². The Bertz CT molecular complexity index is 927. The number of nitrogens with zero attached hydrogens (tertiary/aromatic N) is 1. The first-order chi connectivity index (χ1) is 13.3. The highest BCUT2D eigenvalue weighted by Gasteiger charge is 2.13. The van der Waals surface area contributed by atoms with E-state index in [1.54, 1.807) is 12.3 Å². The van der Waals surface area contributed by atoms with E-state index in [0.29, 0.717) is 18.0 Å². The average Bonchev–Trinajstić information content (AvgIpc) is 3.17. The van der Waals surface area contributed by atoms with E-state index < -0.39 is 0 Å². The summed E-state index contributed by atoms with van der Waals surface area (Å²) in [4.78, 5) is 16.5. The van der Waals surface area contributed by atoms with E-state index in [1.165, 1.54) is 5.56 Å². The lowest BCUT2D eigenvalue weighted by Crippen LogP contribution is -2.26. The molecule has 4 rings (SSSR count). The Balaban J connectivity index is 1.32. The van der Waals surface area contributed by atoms with Crippen LogP contribution >= 0.6 is 0 Å². The molecule has 2 aromatic carbocycles. The summed E-state index contributed by atoms with van der Waals surface area (Å²) in [7, 11) is 0. The molecule has 0 fully saturated rings. The Morgan fingerprint density at radius 3 is 2.59 bits per heavy atom. The number of anilines is 2. The van der Waals surface area contributed by atoms with Gasteiger partial charge in [0, 0.05) is 18.3 Å². The van der Waals surface area contributed by atoms with Crippen LogP contribution in [0.1, 0.15) is 16.1 Å². The van der Waals surface area contributed by atoms with Gasteiger partial charge in [-0.2, -0.15) is 0 Å². The highest BCUT2D eigenvalue weighted by molar-refractivity contribution is 5.92. The molecule has 0 saturated carbocycles. The molecular weight excluding hydrogens is 342 g/mol. The number of aromatic nitrogens is 1. The highest BCUT2D eigenvalue weighted by Crippen LogP contribution is 2.34. The van der Waals surface area contributed by atoms with Gasteiger partial charge in [-0.05, 0) is 36.2 Å². The van der Waals surface area contributed by atoms with Crippen LogP contribution in [0.3, 0.4) is 0 Å². The first-order valence-electron chi connectivity index (χ1n) is 8.73. The van der Waals surface area contributed by atoms with E-state index in [9.17, 15) is 4.79 Å². The van der Waals surface area contributed by atoms with Crippen LogP contribution < -0.4 is 20.1 Å². The number of hydrogen-bond donors (Lipinski definition) is 2. The van der Waals surface area contributed by atoms with Crippen molar-refractivity contribution in [2.75, 3.05) is 18.7 Å². The quantitative estimate of drug-likeness (QED) is 0.703. The SMILES string of the molecule is O=C(NCCc1ccccc1)c1ccc(Nc2ccc3c(c2)OCO3)cn1. The number of hydrogen-bond acceptors (Lipinski definition) is 5. The van der Waals surface area contributed by atoms with Gasteiger partial charge in [-0.15, -0.1) is 0 Å². The van der Waals surface area contributed by atoms with Crippen molar-refractivity contribution in [2.45, 2.75) is 6.42 Å². The minimum atomic E-state index is -0.180. The van der Waals surface area contributed by atoms with Crippen LogP contribution in [0.25, 0.3) is 0 Å². The molecule has 1 aliphatic rings. The molecule has 0 unspecified atom stereocenters. The summed E-state index contributed by atoms with van der Waals surface area (Å²) in [6.07, 6.45) is 2.42.